The van der Waals surface area contributed by atoms with Gasteiger partial charge < -0.3 is 15.8 Å². The predicted molar refractivity (Wildman–Crippen MR) is 76.9 cm³/mol. The summed E-state index contributed by atoms with van der Waals surface area (Å²) >= 11 is 3.20. The molecule has 3 rings (SSSR count). The average molecular weight is 341 g/mol. The summed E-state index contributed by atoms with van der Waals surface area (Å²) in [6.45, 7) is 4.63. The number of hydrogen-bond acceptors (Lipinski definition) is 5. The van der Waals surface area contributed by atoms with Crippen LogP contribution in [0.15, 0.2) is 17.0 Å². The van der Waals surface area contributed by atoms with Crippen LogP contribution in [0.2, 0.25) is 0 Å². The lowest BCUT2D eigenvalue weighted by Gasteiger charge is -2.60. The molecule has 0 radical (unpaired) electrons. The van der Waals surface area contributed by atoms with Crippen LogP contribution in [-0.4, -0.2) is 34.1 Å². The number of fused-ring (bicyclic) bond motifs is 1. The van der Waals surface area contributed by atoms with Gasteiger partial charge in [0.2, 0.25) is 5.91 Å². The first-order valence-electron chi connectivity index (χ1n) is 6.57. The summed E-state index contributed by atoms with van der Waals surface area (Å²) in [4.78, 5) is 20.7. The molecule has 2 fully saturated rings. The van der Waals surface area contributed by atoms with E-state index in [1.54, 1.807) is 0 Å². The summed E-state index contributed by atoms with van der Waals surface area (Å²) in [7, 11) is 0. The first kappa shape index (κ1) is 13.9. The summed E-state index contributed by atoms with van der Waals surface area (Å²) in [5.74, 6) is 0.257. The van der Waals surface area contributed by atoms with E-state index in [1.807, 2.05) is 13.8 Å². The number of ether oxygens (including phenoxy) is 1. The van der Waals surface area contributed by atoms with E-state index in [2.05, 4.69) is 31.2 Å². The van der Waals surface area contributed by atoms with Crippen molar-refractivity contribution in [3.05, 3.63) is 17.0 Å². The Hall–Kier alpha value is -1.05. The smallest absolute Gasteiger partial charge is 0.246 e. The molecular weight excluding hydrogens is 324 g/mol. The van der Waals surface area contributed by atoms with Crippen molar-refractivity contribution in [2.45, 2.75) is 31.9 Å². The number of nitrogens with zero attached hydrogens (tertiary/aromatic N) is 2. The van der Waals surface area contributed by atoms with Crippen molar-refractivity contribution in [3.63, 3.8) is 0 Å². The molecule has 0 bridgehead atoms. The largest absolute Gasteiger partial charge is 0.377 e. The van der Waals surface area contributed by atoms with Crippen molar-refractivity contribution in [2.75, 3.05) is 11.9 Å². The van der Waals surface area contributed by atoms with E-state index < -0.39 is 5.54 Å². The number of carbonyl (C=O) groups excluding carboxylic acids is 1. The quantitative estimate of drug-likeness (QED) is 0.847. The van der Waals surface area contributed by atoms with Crippen molar-refractivity contribution in [3.8, 4) is 0 Å². The zero-order chi connectivity index (χ0) is 14.5. The topological polar surface area (TPSA) is 90.1 Å². The summed E-state index contributed by atoms with van der Waals surface area (Å²) < 4.78 is 6.30. The van der Waals surface area contributed by atoms with Crippen molar-refractivity contribution >= 4 is 27.7 Å². The van der Waals surface area contributed by atoms with Crippen LogP contribution in [0.25, 0.3) is 0 Å². The SMILES string of the molecule is CC1(C)C2OCCC2C1(N)C(=O)Nc1cnc(Br)cn1. The number of halogens is 1. The molecule has 2 heterocycles. The molecule has 6 nitrogen and oxygen atoms in total. The highest BCUT2D eigenvalue weighted by Gasteiger charge is 2.71. The third-order valence-corrected chi connectivity index (χ3v) is 5.10. The van der Waals surface area contributed by atoms with Crippen LogP contribution in [0.1, 0.15) is 20.3 Å². The van der Waals surface area contributed by atoms with Crippen LogP contribution in [0.4, 0.5) is 5.82 Å². The molecule has 0 spiro atoms. The van der Waals surface area contributed by atoms with Crippen LogP contribution < -0.4 is 11.1 Å². The van der Waals surface area contributed by atoms with Crippen LogP contribution in [-0.2, 0) is 9.53 Å². The third-order valence-electron chi connectivity index (χ3n) is 4.69. The van der Waals surface area contributed by atoms with Gasteiger partial charge in [0, 0.05) is 17.9 Å². The molecule has 3 unspecified atom stereocenters. The Balaban J connectivity index is 1.81. The number of hydrogen-bond donors (Lipinski definition) is 2. The molecule has 7 heteroatoms. The van der Waals surface area contributed by atoms with E-state index in [9.17, 15) is 4.79 Å². The molecular formula is C13H17BrN4O2. The number of rotatable bonds is 2. The van der Waals surface area contributed by atoms with Gasteiger partial charge in [-0.1, -0.05) is 13.8 Å². The lowest BCUT2D eigenvalue weighted by molar-refractivity contribution is -0.170. The van der Waals surface area contributed by atoms with E-state index in [0.29, 0.717) is 17.0 Å². The van der Waals surface area contributed by atoms with E-state index in [1.165, 1.54) is 12.4 Å². The van der Waals surface area contributed by atoms with Gasteiger partial charge in [0.25, 0.3) is 0 Å². The lowest BCUT2D eigenvalue weighted by atomic mass is 9.48. The van der Waals surface area contributed by atoms with Crippen LogP contribution in [0, 0.1) is 11.3 Å². The molecule has 1 aromatic rings. The van der Waals surface area contributed by atoms with Gasteiger partial charge in [-0.05, 0) is 22.4 Å². The normalized spacial score (nSPS) is 34.2. The minimum absolute atomic E-state index is 0.0641. The summed E-state index contributed by atoms with van der Waals surface area (Å²) in [6.07, 6.45) is 3.92. The van der Waals surface area contributed by atoms with E-state index in [-0.39, 0.29) is 23.3 Å². The Kier molecular flexibility index (Phi) is 3.11. The first-order valence-corrected chi connectivity index (χ1v) is 7.36. The van der Waals surface area contributed by atoms with Gasteiger partial charge in [-0.2, -0.15) is 0 Å². The molecule has 0 aromatic carbocycles. The number of anilines is 1. The lowest BCUT2D eigenvalue weighted by Crippen LogP contribution is -2.79. The maximum atomic E-state index is 12.6. The number of amides is 1. The summed E-state index contributed by atoms with van der Waals surface area (Å²) in [5, 5.41) is 2.77. The molecule has 1 saturated carbocycles. The van der Waals surface area contributed by atoms with Gasteiger partial charge in [-0.3, -0.25) is 4.79 Å². The van der Waals surface area contributed by atoms with E-state index in [4.69, 9.17) is 10.5 Å². The highest BCUT2D eigenvalue weighted by Crippen LogP contribution is 2.58. The number of nitrogens with two attached hydrogens (primary N) is 1. The maximum absolute atomic E-state index is 12.6. The molecule has 1 amide bonds. The molecule has 20 heavy (non-hydrogen) atoms. The summed E-state index contributed by atoms with van der Waals surface area (Å²) in [5.41, 5.74) is 5.12. The Labute approximate surface area is 125 Å². The highest BCUT2D eigenvalue weighted by atomic mass is 79.9. The molecule has 1 aliphatic heterocycles. The summed E-state index contributed by atoms with van der Waals surface area (Å²) in [6, 6.07) is 0. The second kappa shape index (κ2) is 4.47. The van der Waals surface area contributed by atoms with Gasteiger partial charge in [-0.15, -0.1) is 0 Å². The zero-order valence-corrected chi connectivity index (χ0v) is 13.0. The van der Waals surface area contributed by atoms with E-state index in [0.717, 1.165) is 6.42 Å². The highest BCUT2D eigenvalue weighted by molar-refractivity contribution is 9.10. The van der Waals surface area contributed by atoms with Crippen molar-refractivity contribution < 1.29 is 9.53 Å². The van der Waals surface area contributed by atoms with E-state index >= 15 is 0 Å². The fraction of sp³-hybridized carbons (Fsp3) is 0.615. The average Bonchev–Trinajstić information content (AvgIpc) is 2.88. The van der Waals surface area contributed by atoms with Gasteiger partial charge >= 0.3 is 0 Å². The zero-order valence-electron chi connectivity index (χ0n) is 11.4. The van der Waals surface area contributed by atoms with Gasteiger partial charge in [-0.25, -0.2) is 9.97 Å². The predicted octanol–water partition coefficient (Wildman–Crippen LogP) is 1.32. The minimum Gasteiger partial charge on any atom is -0.377 e. The van der Waals surface area contributed by atoms with Crippen LogP contribution >= 0.6 is 15.9 Å². The maximum Gasteiger partial charge on any atom is 0.246 e. The van der Waals surface area contributed by atoms with Crippen molar-refractivity contribution in [1.29, 1.82) is 0 Å². The second-order valence-electron chi connectivity index (χ2n) is 5.96. The van der Waals surface area contributed by atoms with Crippen LogP contribution in [0.5, 0.6) is 0 Å². The Morgan fingerprint density at radius 3 is 2.90 bits per heavy atom. The fourth-order valence-electron chi connectivity index (χ4n) is 3.44. The molecule has 1 aromatic heterocycles. The Bertz CT molecular complexity index is 548. The second-order valence-corrected chi connectivity index (χ2v) is 6.77. The monoisotopic (exact) mass is 340 g/mol. The number of carbonyl (C=O) groups is 1. The third kappa shape index (κ3) is 1.73. The van der Waals surface area contributed by atoms with Gasteiger partial charge in [0.1, 0.15) is 10.1 Å². The molecule has 2 aliphatic rings. The molecule has 3 N–H and O–H groups in total. The Morgan fingerprint density at radius 2 is 2.25 bits per heavy atom. The van der Waals surface area contributed by atoms with Crippen LogP contribution in [0.3, 0.4) is 0 Å². The standard InChI is InChI=1S/C13H17BrN4O2/c1-12(2)10-7(3-4-20-10)13(12,15)11(19)18-9-6-16-8(14)5-17-9/h5-7,10H,3-4,15H2,1-2H3,(H,17,18,19). The number of aromatic nitrogens is 2. The van der Waals surface area contributed by atoms with Crippen molar-refractivity contribution in [2.24, 2.45) is 17.1 Å². The molecule has 3 atom stereocenters. The molecule has 108 valence electrons. The van der Waals surface area contributed by atoms with Gasteiger partial charge in [0.15, 0.2) is 5.82 Å². The first-order chi connectivity index (χ1) is 9.37. The fourth-order valence-corrected chi connectivity index (χ4v) is 3.65. The molecule has 1 aliphatic carbocycles. The van der Waals surface area contributed by atoms with Crippen molar-refractivity contribution in [1.82, 2.24) is 9.97 Å². The van der Waals surface area contributed by atoms with Gasteiger partial charge in [0.05, 0.1) is 18.5 Å². The Morgan fingerprint density at radius 1 is 1.50 bits per heavy atom. The number of nitrogens with one attached hydrogen (secondary N) is 1. The minimum atomic E-state index is -0.928. The molecule has 1 saturated heterocycles.